The van der Waals surface area contributed by atoms with Gasteiger partial charge in [0.25, 0.3) is 5.91 Å². The number of methoxy groups -OCH3 is 1. The number of anilines is 1. The molecule has 0 aliphatic rings. The highest BCUT2D eigenvalue weighted by atomic mass is 16.5. The molecular weight excluding hydrogens is 330 g/mol. The molecule has 0 saturated carbocycles. The number of hydrogen-bond donors (Lipinski definition) is 1. The average Bonchev–Trinajstić information content (AvgIpc) is 2.58. The lowest BCUT2D eigenvalue weighted by Gasteiger charge is -2.17. The molecule has 0 aromatic heterocycles. The van der Waals surface area contributed by atoms with Gasteiger partial charge in [-0.05, 0) is 56.5 Å². The van der Waals surface area contributed by atoms with Gasteiger partial charge in [-0.15, -0.1) is 0 Å². The molecule has 0 radical (unpaired) electrons. The highest BCUT2D eigenvalue weighted by Crippen LogP contribution is 2.22. The van der Waals surface area contributed by atoms with E-state index in [2.05, 4.69) is 5.32 Å². The molecule has 1 N–H and O–H groups in total. The zero-order valence-electron chi connectivity index (χ0n) is 15.9. The number of esters is 1. The molecule has 0 spiro atoms. The van der Waals surface area contributed by atoms with Crippen molar-refractivity contribution in [2.24, 2.45) is 0 Å². The van der Waals surface area contributed by atoms with Gasteiger partial charge in [0, 0.05) is 12.8 Å². The van der Waals surface area contributed by atoms with Crippen molar-refractivity contribution in [2.45, 2.75) is 40.4 Å². The first-order chi connectivity index (χ1) is 12.3. The fourth-order valence-electron chi connectivity index (χ4n) is 2.79. The second-order valence-electron chi connectivity index (χ2n) is 6.44. The van der Waals surface area contributed by atoms with Crippen LogP contribution in [0.2, 0.25) is 0 Å². The molecule has 0 aliphatic heterocycles. The highest BCUT2D eigenvalue weighted by Gasteiger charge is 2.20. The van der Waals surface area contributed by atoms with Gasteiger partial charge in [-0.1, -0.05) is 29.8 Å². The summed E-state index contributed by atoms with van der Waals surface area (Å²) in [6.45, 7) is 7.92. The van der Waals surface area contributed by atoms with Crippen LogP contribution in [0, 0.1) is 20.8 Å². The lowest BCUT2D eigenvalue weighted by Crippen LogP contribution is -2.30. The minimum Gasteiger partial charge on any atom is -0.449 e. The number of nitrogens with one attached hydrogen (secondary N) is 1. The van der Waals surface area contributed by atoms with Crippen LogP contribution in [0.15, 0.2) is 36.4 Å². The number of benzene rings is 2. The van der Waals surface area contributed by atoms with Crippen molar-refractivity contribution in [1.29, 1.82) is 0 Å². The predicted molar refractivity (Wildman–Crippen MR) is 101 cm³/mol. The molecule has 0 bridgehead atoms. The van der Waals surface area contributed by atoms with E-state index >= 15 is 0 Å². The number of aryl methyl sites for hydroxylation is 3. The number of ether oxygens (including phenoxy) is 2. The molecule has 0 heterocycles. The quantitative estimate of drug-likeness (QED) is 0.797. The monoisotopic (exact) mass is 355 g/mol. The number of amides is 1. The topological polar surface area (TPSA) is 64.6 Å². The molecule has 2 rings (SSSR count). The fraction of sp³-hybridized carbons (Fsp3) is 0.333. The Hall–Kier alpha value is -2.66. The Morgan fingerprint density at radius 3 is 2.15 bits per heavy atom. The smallest absolute Gasteiger partial charge is 0.338 e. The molecule has 2 aromatic carbocycles. The molecule has 5 heteroatoms. The van der Waals surface area contributed by atoms with E-state index in [9.17, 15) is 9.59 Å². The lowest BCUT2D eigenvalue weighted by molar-refractivity contribution is -0.123. The van der Waals surface area contributed by atoms with E-state index in [1.807, 2.05) is 32.9 Å². The number of hydrogen-bond acceptors (Lipinski definition) is 4. The highest BCUT2D eigenvalue weighted by molar-refractivity contribution is 5.98. The van der Waals surface area contributed by atoms with Gasteiger partial charge in [-0.25, -0.2) is 4.79 Å². The van der Waals surface area contributed by atoms with Gasteiger partial charge in [0.15, 0.2) is 6.10 Å². The van der Waals surface area contributed by atoms with Gasteiger partial charge in [0.05, 0.1) is 12.2 Å². The van der Waals surface area contributed by atoms with E-state index in [1.54, 1.807) is 38.3 Å². The van der Waals surface area contributed by atoms with Gasteiger partial charge >= 0.3 is 5.97 Å². The second kappa shape index (κ2) is 8.63. The molecule has 5 nitrogen and oxygen atoms in total. The van der Waals surface area contributed by atoms with E-state index in [4.69, 9.17) is 9.47 Å². The number of rotatable bonds is 6. The van der Waals surface area contributed by atoms with Crippen molar-refractivity contribution in [3.8, 4) is 0 Å². The van der Waals surface area contributed by atoms with E-state index in [1.165, 1.54) is 0 Å². The third-order valence-corrected chi connectivity index (χ3v) is 4.08. The fourth-order valence-corrected chi connectivity index (χ4v) is 2.79. The number of carbonyl (C=O) groups is 2. The van der Waals surface area contributed by atoms with Crippen molar-refractivity contribution < 1.29 is 19.1 Å². The zero-order valence-corrected chi connectivity index (χ0v) is 15.9. The summed E-state index contributed by atoms with van der Waals surface area (Å²) in [5, 5.41) is 2.86. The summed E-state index contributed by atoms with van der Waals surface area (Å²) in [5.41, 5.74) is 5.19. The van der Waals surface area contributed by atoms with Gasteiger partial charge < -0.3 is 14.8 Å². The lowest BCUT2D eigenvalue weighted by atomic mass is 10.0. The maximum Gasteiger partial charge on any atom is 0.338 e. The molecule has 1 amide bonds. The average molecular weight is 355 g/mol. The SMILES string of the molecule is COCc1ccc(C(=O)OC(C)C(=O)Nc2c(C)cc(C)cc2C)cc1. The van der Waals surface area contributed by atoms with Crippen LogP contribution in [0.4, 0.5) is 5.69 Å². The first-order valence-corrected chi connectivity index (χ1v) is 8.49. The largest absolute Gasteiger partial charge is 0.449 e. The van der Waals surface area contributed by atoms with Crippen molar-refractivity contribution in [1.82, 2.24) is 0 Å². The summed E-state index contributed by atoms with van der Waals surface area (Å²) in [5.74, 6) is -0.890. The third kappa shape index (κ3) is 4.92. The Morgan fingerprint density at radius 2 is 1.62 bits per heavy atom. The molecule has 0 aliphatic carbocycles. The predicted octanol–water partition coefficient (Wildman–Crippen LogP) is 3.94. The van der Waals surface area contributed by atoms with Gasteiger partial charge in [-0.3, -0.25) is 4.79 Å². The minimum atomic E-state index is -0.902. The van der Waals surface area contributed by atoms with Crippen LogP contribution in [0.25, 0.3) is 0 Å². The maximum atomic E-state index is 12.4. The first kappa shape index (κ1) is 19.7. The molecule has 138 valence electrons. The molecular formula is C21H25NO4. The van der Waals surface area contributed by atoms with E-state index in [0.717, 1.165) is 27.9 Å². The minimum absolute atomic E-state index is 0.357. The van der Waals surface area contributed by atoms with Gasteiger partial charge in [-0.2, -0.15) is 0 Å². The maximum absolute atomic E-state index is 12.4. The Balaban J connectivity index is 2.01. The Morgan fingerprint density at radius 1 is 1.04 bits per heavy atom. The molecule has 0 saturated heterocycles. The van der Waals surface area contributed by atoms with Crippen molar-refractivity contribution >= 4 is 17.6 Å². The molecule has 0 fully saturated rings. The number of carbonyl (C=O) groups excluding carboxylic acids is 2. The van der Waals surface area contributed by atoms with E-state index in [-0.39, 0.29) is 5.91 Å². The summed E-state index contributed by atoms with van der Waals surface area (Å²) in [6, 6.07) is 10.9. The third-order valence-electron chi connectivity index (χ3n) is 4.08. The Kier molecular flexibility index (Phi) is 6.52. The van der Waals surface area contributed by atoms with Crippen LogP contribution < -0.4 is 5.32 Å². The molecule has 2 aromatic rings. The van der Waals surface area contributed by atoms with E-state index in [0.29, 0.717) is 12.2 Å². The van der Waals surface area contributed by atoms with Crippen molar-refractivity contribution in [3.05, 3.63) is 64.2 Å². The summed E-state index contributed by atoms with van der Waals surface area (Å²) in [6.07, 6.45) is -0.902. The van der Waals surface area contributed by atoms with Crippen molar-refractivity contribution in [2.75, 3.05) is 12.4 Å². The normalized spacial score (nSPS) is 11.7. The van der Waals surface area contributed by atoms with Crippen LogP contribution in [-0.4, -0.2) is 25.1 Å². The summed E-state index contributed by atoms with van der Waals surface area (Å²) < 4.78 is 10.3. The van der Waals surface area contributed by atoms with Crippen LogP contribution in [0.5, 0.6) is 0 Å². The van der Waals surface area contributed by atoms with Crippen LogP contribution in [0.1, 0.15) is 39.5 Å². The molecule has 26 heavy (non-hydrogen) atoms. The van der Waals surface area contributed by atoms with E-state index < -0.39 is 12.1 Å². The van der Waals surface area contributed by atoms with Gasteiger partial charge in [0.2, 0.25) is 0 Å². The molecule has 1 atom stereocenters. The molecule has 1 unspecified atom stereocenters. The van der Waals surface area contributed by atoms with Gasteiger partial charge in [0.1, 0.15) is 0 Å². The second-order valence-corrected chi connectivity index (χ2v) is 6.44. The zero-order chi connectivity index (χ0) is 19.3. The standard InChI is InChI=1S/C21H25NO4/c1-13-10-14(2)19(15(3)11-13)22-20(23)16(4)26-21(24)18-8-6-17(7-9-18)12-25-5/h6-11,16H,12H2,1-5H3,(H,22,23). The Bertz CT molecular complexity index is 773. The van der Waals surface area contributed by atoms with Crippen LogP contribution in [0.3, 0.4) is 0 Å². The Labute approximate surface area is 154 Å². The summed E-state index contributed by atoms with van der Waals surface area (Å²) in [4.78, 5) is 24.6. The summed E-state index contributed by atoms with van der Waals surface area (Å²) >= 11 is 0. The first-order valence-electron chi connectivity index (χ1n) is 8.49. The summed E-state index contributed by atoms with van der Waals surface area (Å²) in [7, 11) is 1.61. The van der Waals surface area contributed by atoms with Crippen molar-refractivity contribution in [3.63, 3.8) is 0 Å². The van der Waals surface area contributed by atoms with Crippen LogP contribution >= 0.6 is 0 Å². The van der Waals surface area contributed by atoms with Crippen LogP contribution in [-0.2, 0) is 20.9 Å².